The molecule has 1 fully saturated rings. The third kappa shape index (κ3) is 5.28. The maximum absolute atomic E-state index is 13.0. The molecule has 12 heteroatoms. The van der Waals surface area contributed by atoms with E-state index in [-0.39, 0.29) is 47.3 Å². The Bertz CT molecular complexity index is 1200. The van der Waals surface area contributed by atoms with Gasteiger partial charge in [-0.3, -0.25) is 9.59 Å². The van der Waals surface area contributed by atoms with E-state index in [1.54, 1.807) is 33.8 Å². The fourth-order valence-corrected chi connectivity index (χ4v) is 7.26. The molecule has 0 aromatic heterocycles. The van der Waals surface area contributed by atoms with Gasteiger partial charge in [-0.15, -0.1) is 0 Å². The summed E-state index contributed by atoms with van der Waals surface area (Å²) in [5, 5.41) is 8.05. The number of carbonyl (C=O) groups excluding carboxylic acids is 2. The summed E-state index contributed by atoms with van der Waals surface area (Å²) in [5.74, 6) is -1.04. The fraction of sp³-hybridized carbons (Fsp3) is 0.571. The zero-order valence-electron chi connectivity index (χ0n) is 19.3. The van der Waals surface area contributed by atoms with Crippen molar-refractivity contribution in [3.8, 4) is 0 Å². The molecule has 1 aromatic rings. The maximum atomic E-state index is 13.0. The summed E-state index contributed by atoms with van der Waals surface area (Å²) in [6.45, 7) is 7.71. The third-order valence-corrected chi connectivity index (χ3v) is 9.89. The van der Waals surface area contributed by atoms with Crippen LogP contribution in [-0.2, 0) is 29.4 Å². The van der Waals surface area contributed by atoms with Crippen molar-refractivity contribution in [1.29, 1.82) is 0 Å². The summed E-state index contributed by atoms with van der Waals surface area (Å²) in [7, 11) is -6.94. The van der Waals surface area contributed by atoms with E-state index in [4.69, 9.17) is 0 Å². The summed E-state index contributed by atoms with van der Waals surface area (Å²) in [5.41, 5.74) is 1.87. The molecule has 3 rings (SSSR count). The summed E-state index contributed by atoms with van der Waals surface area (Å²) < 4.78 is 50.9. The van der Waals surface area contributed by atoms with Gasteiger partial charge in [0.1, 0.15) is 5.71 Å². The normalized spacial score (nSPS) is 20.8. The van der Waals surface area contributed by atoms with Crippen molar-refractivity contribution in [2.24, 2.45) is 5.10 Å². The molecule has 0 unspecified atom stereocenters. The molecule has 0 spiro atoms. The Kier molecular flexibility index (Phi) is 7.30. The van der Waals surface area contributed by atoms with Crippen LogP contribution >= 0.6 is 0 Å². The van der Waals surface area contributed by atoms with Gasteiger partial charge in [0.2, 0.25) is 15.9 Å². The lowest BCUT2D eigenvalue weighted by atomic mass is 10.1. The number of sulfonamides is 1. The van der Waals surface area contributed by atoms with Crippen LogP contribution in [0, 0.1) is 13.8 Å². The molecule has 1 aromatic carbocycles. The van der Waals surface area contributed by atoms with Crippen molar-refractivity contribution in [2.75, 3.05) is 29.9 Å². The van der Waals surface area contributed by atoms with E-state index in [1.807, 2.05) is 0 Å². The second-order valence-electron chi connectivity index (χ2n) is 8.30. The third-order valence-electron chi connectivity index (χ3n) is 6.11. The molecule has 1 N–H and O–H groups in total. The monoisotopic (exact) mass is 498 g/mol. The predicted octanol–water partition coefficient (Wildman–Crippen LogP) is 1.44. The minimum absolute atomic E-state index is 0.00915. The highest BCUT2D eigenvalue weighted by Gasteiger charge is 2.37. The van der Waals surface area contributed by atoms with E-state index in [1.165, 1.54) is 10.4 Å². The number of rotatable bonds is 7. The number of hydrogen-bond acceptors (Lipinski definition) is 7. The highest BCUT2D eigenvalue weighted by atomic mass is 32.2. The fourth-order valence-electron chi connectivity index (χ4n) is 4.00. The highest BCUT2D eigenvalue weighted by molar-refractivity contribution is 7.91. The molecule has 0 saturated carbocycles. The van der Waals surface area contributed by atoms with Gasteiger partial charge in [-0.25, -0.2) is 21.8 Å². The molecule has 2 aliphatic heterocycles. The van der Waals surface area contributed by atoms with E-state index in [2.05, 4.69) is 10.4 Å². The van der Waals surface area contributed by atoms with Gasteiger partial charge in [0, 0.05) is 31.6 Å². The van der Waals surface area contributed by atoms with Crippen LogP contribution in [0.1, 0.15) is 44.2 Å². The molecule has 0 radical (unpaired) electrons. The molecular weight excluding hydrogens is 468 g/mol. The van der Waals surface area contributed by atoms with Gasteiger partial charge in [0.05, 0.1) is 22.4 Å². The zero-order valence-corrected chi connectivity index (χ0v) is 20.9. The van der Waals surface area contributed by atoms with Gasteiger partial charge in [-0.1, -0.05) is 13.8 Å². The molecule has 1 saturated heterocycles. The number of sulfone groups is 1. The average Bonchev–Trinajstić information content (AvgIpc) is 3.11. The van der Waals surface area contributed by atoms with E-state index in [0.29, 0.717) is 29.9 Å². The number of nitrogens with zero attached hydrogens (tertiary/aromatic N) is 3. The molecular formula is C21H30N4O6S2. The lowest BCUT2D eigenvalue weighted by Crippen LogP contribution is -2.42. The Morgan fingerprint density at radius 1 is 1.21 bits per heavy atom. The van der Waals surface area contributed by atoms with Gasteiger partial charge in [0.25, 0.3) is 5.91 Å². The van der Waals surface area contributed by atoms with E-state index >= 15 is 0 Å². The van der Waals surface area contributed by atoms with Gasteiger partial charge in [-0.2, -0.15) is 9.41 Å². The van der Waals surface area contributed by atoms with Crippen LogP contribution < -0.4 is 5.32 Å². The van der Waals surface area contributed by atoms with Crippen LogP contribution in [0.5, 0.6) is 0 Å². The minimum atomic E-state index is -3.72. The molecule has 33 heavy (non-hydrogen) atoms. The number of carbonyl (C=O) groups is 2. The van der Waals surface area contributed by atoms with E-state index < -0.39 is 31.8 Å². The zero-order chi connectivity index (χ0) is 24.6. The van der Waals surface area contributed by atoms with Crippen LogP contribution in [0.15, 0.2) is 22.1 Å². The molecule has 2 aliphatic rings. The van der Waals surface area contributed by atoms with Gasteiger partial charge in [0.15, 0.2) is 9.84 Å². The van der Waals surface area contributed by atoms with Crippen LogP contribution in [0.2, 0.25) is 0 Å². The minimum Gasteiger partial charge on any atom is -0.321 e. The standard InChI is InChI=1S/C21H30N4O6S2/c1-5-24(6-2)33(30,31)17-11-14(3)15(4)19(12-17)22-21(27)18-7-8-20(26)25(23-18)16-9-10-32(28,29)13-16/h11-12,16H,5-10,13H2,1-4H3,(H,22,27)/t16-/m1/s1. The van der Waals surface area contributed by atoms with E-state index in [9.17, 15) is 26.4 Å². The van der Waals surface area contributed by atoms with Crippen molar-refractivity contribution in [3.63, 3.8) is 0 Å². The van der Waals surface area contributed by atoms with Crippen molar-refractivity contribution < 1.29 is 26.4 Å². The number of nitrogens with one attached hydrogen (secondary N) is 1. The molecule has 182 valence electrons. The van der Waals surface area contributed by atoms with Gasteiger partial charge < -0.3 is 5.32 Å². The molecule has 2 amide bonds. The van der Waals surface area contributed by atoms with Crippen LogP contribution in [0.25, 0.3) is 0 Å². The Morgan fingerprint density at radius 2 is 1.88 bits per heavy atom. The molecule has 1 atom stereocenters. The summed E-state index contributed by atoms with van der Waals surface area (Å²) in [6.07, 6.45) is 0.462. The largest absolute Gasteiger partial charge is 0.321 e. The van der Waals surface area contributed by atoms with Crippen molar-refractivity contribution in [2.45, 2.75) is 57.9 Å². The second kappa shape index (κ2) is 9.51. The predicted molar refractivity (Wildman–Crippen MR) is 125 cm³/mol. The first-order chi connectivity index (χ1) is 15.4. The van der Waals surface area contributed by atoms with Crippen LogP contribution in [0.3, 0.4) is 0 Å². The van der Waals surface area contributed by atoms with E-state index in [0.717, 1.165) is 5.01 Å². The summed E-state index contributed by atoms with van der Waals surface area (Å²) >= 11 is 0. The van der Waals surface area contributed by atoms with Crippen molar-refractivity contribution in [3.05, 3.63) is 23.3 Å². The number of aryl methyl sites for hydroxylation is 1. The first-order valence-corrected chi connectivity index (χ1v) is 14.2. The van der Waals surface area contributed by atoms with Gasteiger partial charge in [-0.05, 0) is 43.5 Å². The molecule has 2 heterocycles. The smallest absolute Gasteiger partial charge is 0.271 e. The highest BCUT2D eigenvalue weighted by Crippen LogP contribution is 2.27. The Morgan fingerprint density at radius 3 is 2.45 bits per heavy atom. The first kappa shape index (κ1) is 25.3. The van der Waals surface area contributed by atoms with Crippen LogP contribution in [-0.4, -0.2) is 74.3 Å². The van der Waals surface area contributed by atoms with Crippen LogP contribution in [0.4, 0.5) is 5.69 Å². The number of benzene rings is 1. The van der Waals surface area contributed by atoms with Gasteiger partial charge >= 0.3 is 0 Å². The number of anilines is 1. The van der Waals surface area contributed by atoms with Crippen molar-refractivity contribution >= 4 is 43.1 Å². The maximum Gasteiger partial charge on any atom is 0.271 e. The lowest BCUT2D eigenvalue weighted by Gasteiger charge is -2.27. The number of amides is 2. The van der Waals surface area contributed by atoms with Crippen molar-refractivity contribution in [1.82, 2.24) is 9.31 Å². The molecule has 10 nitrogen and oxygen atoms in total. The Balaban J connectivity index is 1.89. The molecule has 0 aliphatic carbocycles. The Hall–Kier alpha value is -2.31. The molecule has 0 bridgehead atoms. The topological polar surface area (TPSA) is 133 Å². The SMILES string of the molecule is CCN(CC)S(=O)(=O)c1cc(C)c(C)c(NC(=O)C2=NN([C@@H]3CCS(=O)(=O)C3)C(=O)CC2)c1. The lowest BCUT2D eigenvalue weighted by molar-refractivity contribution is -0.133. The summed E-state index contributed by atoms with van der Waals surface area (Å²) in [4.78, 5) is 25.4. The average molecular weight is 499 g/mol. The number of hydrazone groups is 1. The second-order valence-corrected chi connectivity index (χ2v) is 12.5. The Labute approximate surface area is 195 Å². The summed E-state index contributed by atoms with van der Waals surface area (Å²) in [6, 6.07) is 2.44. The number of hydrogen-bond donors (Lipinski definition) is 1. The first-order valence-electron chi connectivity index (χ1n) is 10.9. The quantitative estimate of drug-likeness (QED) is 0.605.